The van der Waals surface area contributed by atoms with Gasteiger partial charge in [-0.15, -0.1) is 0 Å². The largest absolute Gasteiger partial charge is 0.325 e. The van der Waals surface area contributed by atoms with Crippen molar-refractivity contribution in [3.8, 4) is 11.1 Å². The van der Waals surface area contributed by atoms with Gasteiger partial charge in [-0.25, -0.2) is 5.43 Å². The summed E-state index contributed by atoms with van der Waals surface area (Å²) in [6.45, 7) is 1.60. The molecule has 9 heteroatoms. The lowest BCUT2D eigenvalue weighted by Gasteiger charge is -2.11. The number of carbonyl (C=O) groups excluding carboxylic acids is 2. The molecule has 0 heterocycles. The summed E-state index contributed by atoms with van der Waals surface area (Å²) in [4.78, 5) is 34.9. The molecule has 0 aliphatic carbocycles. The molecule has 0 fully saturated rings. The van der Waals surface area contributed by atoms with Gasteiger partial charge in [0, 0.05) is 28.6 Å². The highest BCUT2D eigenvalue weighted by Gasteiger charge is 2.15. The van der Waals surface area contributed by atoms with Crippen LogP contribution in [-0.2, 0) is 4.79 Å². The first-order valence-corrected chi connectivity index (χ1v) is 9.94. The first-order chi connectivity index (χ1) is 15.3. The van der Waals surface area contributed by atoms with Gasteiger partial charge in [-0.1, -0.05) is 60.1 Å². The van der Waals surface area contributed by atoms with Crippen LogP contribution >= 0.6 is 11.6 Å². The molecule has 2 N–H and O–H groups in total. The number of nitro groups is 1. The molecule has 0 aromatic heterocycles. The van der Waals surface area contributed by atoms with Gasteiger partial charge in [-0.05, 0) is 30.7 Å². The van der Waals surface area contributed by atoms with Crippen molar-refractivity contribution in [1.82, 2.24) is 5.43 Å². The Bertz CT molecular complexity index is 1200. The topological polar surface area (TPSA) is 114 Å². The summed E-state index contributed by atoms with van der Waals surface area (Å²) in [5.41, 5.74) is 5.04. The van der Waals surface area contributed by atoms with Gasteiger partial charge in [0.25, 0.3) is 11.6 Å². The predicted molar refractivity (Wildman–Crippen MR) is 124 cm³/mol. The van der Waals surface area contributed by atoms with Crippen LogP contribution in [0.25, 0.3) is 11.1 Å². The number of amides is 2. The normalized spacial score (nSPS) is 11.0. The molecule has 162 valence electrons. The summed E-state index contributed by atoms with van der Waals surface area (Å²) in [5, 5.41) is 17.5. The number of para-hydroxylation sites is 1. The van der Waals surface area contributed by atoms with Crippen LogP contribution < -0.4 is 10.7 Å². The molecule has 3 aromatic carbocycles. The van der Waals surface area contributed by atoms with Crippen LogP contribution in [0, 0.1) is 10.1 Å². The zero-order valence-electron chi connectivity index (χ0n) is 17.0. The molecule has 32 heavy (non-hydrogen) atoms. The van der Waals surface area contributed by atoms with Gasteiger partial charge in [-0.2, -0.15) is 5.10 Å². The summed E-state index contributed by atoms with van der Waals surface area (Å²) in [7, 11) is 0. The van der Waals surface area contributed by atoms with Crippen molar-refractivity contribution in [2.75, 3.05) is 5.32 Å². The molecule has 8 nitrogen and oxygen atoms in total. The Labute approximate surface area is 189 Å². The van der Waals surface area contributed by atoms with Crippen LogP contribution in [0.1, 0.15) is 23.7 Å². The number of anilines is 1. The van der Waals surface area contributed by atoms with Gasteiger partial charge >= 0.3 is 0 Å². The number of benzene rings is 3. The Morgan fingerprint density at radius 1 is 1.03 bits per heavy atom. The Hall–Kier alpha value is -4.04. The van der Waals surface area contributed by atoms with Crippen molar-refractivity contribution >= 4 is 40.5 Å². The van der Waals surface area contributed by atoms with E-state index in [4.69, 9.17) is 11.6 Å². The van der Waals surface area contributed by atoms with E-state index in [1.54, 1.807) is 6.92 Å². The Morgan fingerprint density at radius 2 is 1.72 bits per heavy atom. The van der Waals surface area contributed by atoms with Gasteiger partial charge in [0.2, 0.25) is 5.91 Å². The maximum Gasteiger partial charge on any atom is 0.287 e. The van der Waals surface area contributed by atoms with Crippen LogP contribution in [-0.4, -0.2) is 22.4 Å². The Morgan fingerprint density at radius 3 is 2.41 bits per heavy atom. The standard InChI is InChI=1S/C23H19ClN4O4/c1-15(26-27-23(30)17-11-12-21(28(31)32)19(24)14-17)13-22(29)25-20-10-6-5-9-18(20)16-7-3-2-4-8-16/h2-12,14H,13H2,1H3,(H,25,29)(H,27,30)/b26-15+. The molecule has 0 radical (unpaired) electrons. The number of hydrazone groups is 1. The van der Waals surface area contributed by atoms with Crippen molar-refractivity contribution in [2.24, 2.45) is 5.10 Å². The van der Waals surface area contributed by atoms with E-state index >= 15 is 0 Å². The SMILES string of the molecule is C/C(CC(=O)Nc1ccccc1-c1ccccc1)=N\NC(=O)c1ccc([N+](=O)[O-])c(Cl)c1. The smallest absolute Gasteiger partial charge is 0.287 e. The van der Waals surface area contributed by atoms with E-state index in [-0.39, 0.29) is 28.6 Å². The fraction of sp³-hybridized carbons (Fsp3) is 0.0870. The minimum atomic E-state index is -0.638. The summed E-state index contributed by atoms with van der Waals surface area (Å²) >= 11 is 5.82. The lowest BCUT2D eigenvalue weighted by atomic mass is 10.0. The Balaban J connectivity index is 1.62. The van der Waals surface area contributed by atoms with Crippen molar-refractivity contribution in [2.45, 2.75) is 13.3 Å². The number of hydrogen-bond acceptors (Lipinski definition) is 5. The minimum absolute atomic E-state index is 0.0373. The van der Waals surface area contributed by atoms with E-state index in [1.807, 2.05) is 54.6 Å². The van der Waals surface area contributed by atoms with Gasteiger partial charge in [0.1, 0.15) is 5.02 Å². The number of rotatable bonds is 7. The van der Waals surface area contributed by atoms with Gasteiger partial charge < -0.3 is 5.32 Å². The van der Waals surface area contributed by atoms with Crippen molar-refractivity contribution < 1.29 is 14.5 Å². The number of carbonyl (C=O) groups is 2. The predicted octanol–water partition coefficient (Wildman–Crippen LogP) is 5.05. The van der Waals surface area contributed by atoms with Gasteiger partial charge in [0.05, 0.1) is 11.3 Å². The molecular weight excluding hydrogens is 432 g/mol. The van der Waals surface area contributed by atoms with Crippen LogP contribution in [0.4, 0.5) is 11.4 Å². The number of hydrogen-bond donors (Lipinski definition) is 2. The third-order valence-corrected chi connectivity index (χ3v) is 4.76. The average molecular weight is 451 g/mol. The van der Waals surface area contributed by atoms with E-state index in [2.05, 4.69) is 15.8 Å². The molecule has 0 unspecified atom stereocenters. The molecule has 3 aromatic rings. The van der Waals surface area contributed by atoms with Crippen LogP contribution in [0.5, 0.6) is 0 Å². The lowest BCUT2D eigenvalue weighted by Crippen LogP contribution is -2.21. The molecule has 0 spiro atoms. The van der Waals surface area contributed by atoms with Gasteiger partial charge in [-0.3, -0.25) is 19.7 Å². The maximum absolute atomic E-state index is 12.5. The van der Waals surface area contributed by atoms with E-state index in [0.717, 1.165) is 17.2 Å². The second kappa shape index (κ2) is 10.3. The molecule has 0 atom stereocenters. The van der Waals surface area contributed by atoms with E-state index in [0.29, 0.717) is 11.4 Å². The maximum atomic E-state index is 12.5. The quantitative estimate of drug-likeness (QED) is 0.298. The molecule has 2 amide bonds. The second-order valence-corrected chi connectivity index (χ2v) is 7.26. The summed E-state index contributed by atoms with van der Waals surface area (Å²) in [6, 6.07) is 20.7. The highest BCUT2D eigenvalue weighted by Crippen LogP contribution is 2.27. The number of nitrogens with one attached hydrogen (secondary N) is 2. The van der Waals surface area contributed by atoms with Crippen LogP contribution in [0.2, 0.25) is 5.02 Å². The highest BCUT2D eigenvalue weighted by atomic mass is 35.5. The fourth-order valence-corrected chi connectivity index (χ4v) is 3.18. The Kier molecular flexibility index (Phi) is 7.30. The molecule has 0 aliphatic rings. The highest BCUT2D eigenvalue weighted by molar-refractivity contribution is 6.33. The zero-order chi connectivity index (χ0) is 23.1. The van der Waals surface area contributed by atoms with Crippen molar-refractivity contribution in [1.29, 1.82) is 0 Å². The fourth-order valence-electron chi connectivity index (χ4n) is 2.93. The van der Waals surface area contributed by atoms with E-state index in [9.17, 15) is 19.7 Å². The third-order valence-electron chi connectivity index (χ3n) is 4.46. The first-order valence-electron chi connectivity index (χ1n) is 9.57. The van der Waals surface area contributed by atoms with E-state index in [1.165, 1.54) is 12.1 Å². The molecule has 0 aliphatic heterocycles. The summed E-state index contributed by atoms with van der Waals surface area (Å²) in [5.74, 6) is -0.891. The summed E-state index contributed by atoms with van der Waals surface area (Å²) < 4.78 is 0. The van der Waals surface area contributed by atoms with Gasteiger partial charge in [0.15, 0.2) is 0 Å². The van der Waals surface area contributed by atoms with Crippen LogP contribution in [0.15, 0.2) is 77.9 Å². The lowest BCUT2D eigenvalue weighted by molar-refractivity contribution is -0.384. The molecule has 0 bridgehead atoms. The molecule has 3 rings (SSSR count). The first kappa shape index (κ1) is 22.6. The minimum Gasteiger partial charge on any atom is -0.325 e. The third kappa shape index (κ3) is 5.77. The molecule has 0 saturated heterocycles. The monoisotopic (exact) mass is 450 g/mol. The van der Waals surface area contributed by atoms with Crippen LogP contribution in [0.3, 0.4) is 0 Å². The number of nitrogens with zero attached hydrogens (tertiary/aromatic N) is 2. The number of nitro benzene ring substituents is 1. The molecular formula is C23H19ClN4O4. The van der Waals surface area contributed by atoms with Crippen molar-refractivity contribution in [3.05, 3.63) is 93.5 Å². The zero-order valence-corrected chi connectivity index (χ0v) is 17.8. The molecule has 0 saturated carbocycles. The summed E-state index contributed by atoms with van der Waals surface area (Å²) in [6.07, 6.45) is -0.0373. The van der Waals surface area contributed by atoms with E-state index < -0.39 is 10.8 Å². The second-order valence-electron chi connectivity index (χ2n) is 6.85. The number of halogens is 1. The van der Waals surface area contributed by atoms with Crippen molar-refractivity contribution in [3.63, 3.8) is 0 Å². The average Bonchev–Trinajstić information content (AvgIpc) is 2.78.